The van der Waals surface area contributed by atoms with E-state index in [0.717, 1.165) is 5.56 Å². The van der Waals surface area contributed by atoms with Crippen molar-refractivity contribution in [1.82, 2.24) is 30.9 Å². The number of rotatable bonds is 14. The molecule has 0 unspecified atom stereocenters. The Morgan fingerprint density at radius 1 is 1.05 bits per heavy atom. The van der Waals surface area contributed by atoms with Crippen molar-refractivity contribution in [3.8, 4) is 11.4 Å². The number of benzene rings is 2. The second kappa shape index (κ2) is 16.2. The number of amides is 2. The van der Waals surface area contributed by atoms with Gasteiger partial charge in [0, 0.05) is 18.2 Å². The Bertz CT molecular complexity index is 1330. The third kappa shape index (κ3) is 9.10. The minimum atomic E-state index is -0.894. The zero-order valence-corrected chi connectivity index (χ0v) is 23.9. The molecule has 3 N–H and O–H groups in total. The molecule has 1 heterocycles. The van der Waals surface area contributed by atoms with Gasteiger partial charge in [0.2, 0.25) is 11.8 Å². The van der Waals surface area contributed by atoms with E-state index < -0.39 is 29.8 Å². The maximum Gasteiger partial charge on any atom is 0.360 e. The first-order valence-corrected chi connectivity index (χ1v) is 13.5. The van der Waals surface area contributed by atoms with Crippen LogP contribution in [0.3, 0.4) is 0 Å². The van der Waals surface area contributed by atoms with Crippen molar-refractivity contribution in [2.75, 3.05) is 13.7 Å². The number of hydrogen-bond acceptors (Lipinski definition) is 8. The molecule has 0 aliphatic heterocycles. The Kier molecular flexibility index (Phi) is 13.1. The number of methoxy groups -OCH3 is 1. The van der Waals surface area contributed by atoms with Crippen molar-refractivity contribution in [3.63, 3.8) is 0 Å². The summed E-state index contributed by atoms with van der Waals surface area (Å²) in [5.41, 5.74) is 1.36. The Balaban J connectivity index is 0.00000616. The van der Waals surface area contributed by atoms with Gasteiger partial charge < -0.3 is 25.4 Å². The lowest BCUT2D eigenvalue weighted by Gasteiger charge is -2.23. The Labute approximate surface area is 246 Å². The largest absolute Gasteiger partial charge is 0.494 e. The highest BCUT2D eigenvalue weighted by atomic mass is 19.1. The lowest BCUT2D eigenvalue weighted by atomic mass is 10.0. The normalized spacial score (nSPS) is 12.2. The SMILES string of the molecule is C.CCOC(=O)c1cn(-c2ccc(OC)c(F)c2CNC(=O)[C@H](C)NC(=O)[C@@H](CCc2ccccc2)NC(C)C)nn1. The summed E-state index contributed by atoms with van der Waals surface area (Å²) in [4.78, 5) is 38.1. The van der Waals surface area contributed by atoms with Gasteiger partial charge in [-0.2, -0.15) is 0 Å². The van der Waals surface area contributed by atoms with Crippen LogP contribution < -0.4 is 20.7 Å². The van der Waals surface area contributed by atoms with E-state index >= 15 is 4.39 Å². The molecule has 0 radical (unpaired) electrons. The maximum atomic E-state index is 15.3. The van der Waals surface area contributed by atoms with Crippen LogP contribution in [0.5, 0.6) is 5.75 Å². The van der Waals surface area contributed by atoms with Crippen LogP contribution in [0.25, 0.3) is 5.69 Å². The molecule has 0 fully saturated rings. The summed E-state index contributed by atoms with van der Waals surface area (Å²) in [7, 11) is 1.33. The van der Waals surface area contributed by atoms with Gasteiger partial charge in [-0.3, -0.25) is 9.59 Å². The van der Waals surface area contributed by atoms with E-state index in [1.165, 1.54) is 30.1 Å². The fraction of sp³-hybridized carbons (Fsp3) is 0.433. The minimum absolute atomic E-state index is 0. The minimum Gasteiger partial charge on any atom is -0.494 e. The first-order valence-electron chi connectivity index (χ1n) is 13.5. The van der Waals surface area contributed by atoms with Crippen LogP contribution in [-0.2, 0) is 27.3 Å². The van der Waals surface area contributed by atoms with Crippen LogP contribution in [-0.4, -0.2) is 64.6 Å². The van der Waals surface area contributed by atoms with Crippen LogP contribution in [0, 0.1) is 5.82 Å². The number of hydrogen-bond donors (Lipinski definition) is 3. The number of carbonyl (C=O) groups is 3. The lowest BCUT2D eigenvalue weighted by Crippen LogP contribution is -2.52. The number of aryl methyl sites for hydroxylation is 1. The summed E-state index contributed by atoms with van der Waals surface area (Å²) in [6.45, 7) is 7.04. The zero-order valence-electron chi connectivity index (χ0n) is 23.9. The van der Waals surface area contributed by atoms with Gasteiger partial charge in [0.25, 0.3) is 0 Å². The van der Waals surface area contributed by atoms with Crippen LogP contribution >= 0.6 is 0 Å². The molecule has 12 heteroatoms. The van der Waals surface area contributed by atoms with Crippen molar-refractivity contribution in [2.45, 2.75) is 72.6 Å². The van der Waals surface area contributed by atoms with E-state index in [1.807, 2.05) is 44.2 Å². The molecule has 2 amide bonds. The molecule has 42 heavy (non-hydrogen) atoms. The number of aromatic nitrogens is 3. The molecule has 0 aliphatic rings. The zero-order chi connectivity index (χ0) is 29.9. The van der Waals surface area contributed by atoms with Crippen LogP contribution in [0.4, 0.5) is 4.39 Å². The number of nitrogens with one attached hydrogen (secondary N) is 3. The predicted octanol–water partition coefficient (Wildman–Crippen LogP) is 3.35. The number of ether oxygens (including phenoxy) is 2. The Hall–Kier alpha value is -4.32. The van der Waals surface area contributed by atoms with Crippen LogP contribution in [0.2, 0.25) is 0 Å². The highest BCUT2D eigenvalue weighted by Crippen LogP contribution is 2.26. The molecule has 228 valence electrons. The van der Waals surface area contributed by atoms with E-state index in [4.69, 9.17) is 9.47 Å². The van der Waals surface area contributed by atoms with Gasteiger partial charge in [0.05, 0.1) is 31.6 Å². The van der Waals surface area contributed by atoms with Gasteiger partial charge >= 0.3 is 5.97 Å². The average Bonchev–Trinajstić information content (AvgIpc) is 3.45. The quantitative estimate of drug-likeness (QED) is 0.246. The number of esters is 1. The summed E-state index contributed by atoms with van der Waals surface area (Å²) < 4.78 is 26.6. The predicted molar refractivity (Wildman–Crippen MR) is 157 cm³/mol. The molecule has 2 atom stereocenters. The molecule has 0 bridgehead atoms. The average molecular weight is 585 g/mol. The van der Waals surface area contributed by atoms with E-state index in [0.29, 0.717) is 12.8 Å². The van der Waals surface area contributed by atoms with E-state index in [-0.39, 0.29) is 55.2 Å². The van der Waals surface area contributed by atoms with Gasteiger partial charge in [0.15, 0.2) is 17.3 Å². The van der Waals surface area contributed by atoms with Crippen LogP contribution in [0.15, 0.2) is 48.7 Å². The molecule has 11 nitrogen and oxygen atoms in total. The summed E-state index contributed by atoms with van der Waals surface area (Å²) in [6.07, 6.45) is 2.55. The smallest absolute Gasteiger partial charge is 0.360 e. The van der Waals surface area contributed by atoms with Crippen molar-refractivity contribution in [1.29, 1.82) is 0 Å². The van der Waals surface area contributed by atoms with E-state index in [1.54, 1.807) is 13.8 Å². The second-order valence-electron chi connectivity index (χ2n) is 9.69. The first kappa shape index (κ1) is 33.9. The van der Waals surface area contributed by atoms with Crippen molar-refractivity contribution in [2.24, 2.45) is 0 Å². The van der Waals surface area contributed by atoms with Crippen molar-refractivity contribution in [3.05, 3.63) is 71.3 Å². The van der Waals surface area contributed by atoms with E-state index in [2.05, 4.69) is 26.3 Å². The van der Waals surface area contributed by atoms with Gasteiger partial charge in [0.1, 0.15) is 6.04 Å². The number of halogens is 1. The number of nitrogens with zero attached hydrogens (tertiary/aromatic N) is 3. The van der Waals surface area contributed by atoms with Crippen LogP contribution in [0.1, 0.15) is 63.2 Å². The maximum absolute atomic E-state index is 15.3. The molecule has 3 rings (SSSR count). The third-order valence-electron chi connectivity index (χ3n) is 6.23. The number of carbonyl (C=O) groups excluding carboxylic acids is 3. The molecule has 2 aromatic carbocycles. The fourth-order valence-electron chi connectivity index (χ4n) is 4.17. The monoisotopic (exact) mass is 584 g/mol. The highest BCUT2D eigenvalue weighted by Gasteiger charge is 2.25. The highest BCUT2D eigenvalue weighted by molar-refractivity contribution is 5.89. The first-order chi connectivity index (χ1) is 19.6. The Morgan fingerprint density at radius 3 is 2.40 bits per heavy atom. The van der Waals surface area contributed by atoms with Gasteiger partial charge in [-0.15, -0.1) is 5.10 Å². The Morgan fingerprint density at radius 2 is 1.76 bits per heavy atom. The fourth-order valence-corrected chi connectivity index (χ4v) is 4.17. The van der Waals surface area contributed by atoms with Crippen molar-refractivity contribution < 1.29 is 28.2 Å². The molecule has 0 spiro atoms. The summed E-state index contributed by atoms with van der Waals surface area (Å²) in [6, 6.07) is 11.4. The summed E-state index contributed by atoms with van der Waals surface area (Å²) >= 11 is 0. The molecule has 0 saturated heterocycles. The summed E-state index contributed by atoms with van der Waals surface area (Å²) in [5, 5.41) is 16.4. The standard InChI is InChI=1S/C29H37FN6O5.CH4/c1-6-41-29(39)23-17-36(35-34-23)24-14-15-25(40-5)26(30)21(24)16-31-27(37)19(4)33-28(38)22(32-18(2)3)13-12-20-10-8-7-9-11-20;/h7-11,14-15,17-19,22,32H,6,12-13,16H2,1-5H3,(H,31,37)(H,33,38);1H4/t19-,22+;/m0./s1. The second-order valence-corrected chi connectivity index (χ2v) is 9.69. The van der Waals surface area contributed by atoms with Gasteiger partial charge in [-0.25, -0.2) is 13.9 Å². The molecule has 3 aromatic rings. The van der Waals surface area contributed by atoms with E-state index in [9.17, 15) is 14.4 Å². The molecule has 1 aromatic heterocycles. The molecular weight excluding hydrogens is 543 g/mol. The topological polar surface area (TPSA) is 136 Å². The van der Waals surface area contributed by atoms with Crippen molar-refractivity contribution >= 4 is 17.8 Å². The third-order valence-corrected chi connectivity index (χ3v) is 6.23. The van der Waals surface area contributed by atoms with Gasteiger partial charge in [-0.1, -0.05) is 56.8 Å². The molecule has 0 aliphatic carbocycles. The summed E-state index contributed by atoms with van der Waals surface area (Å²) in [5.74, 6) is -2.23. The molecular formula is C30H41FN6O5. The van der Waals surface area contributed by atoms with Gasteiger partial charge in [-0.05, 0) is 44.4 Å². The molecule has 0 saturated carbocycles. The lowest BCUT2D eigenvalue weighted by molar-refractivity contribution is -0.129.